The average Bonchev–Trinajstić information content (AvgIpc) is 3.21. The molecule has 0 bridgehead atoms. The van der Waals surface area contributed by atoms with E-state index >= 15 is 0 Å². The second-order valence-corrected chi connectivity index (χ2v) is 7.79. The molecular formula is C22H19FN2O2S. The third kappa shape index (κ3) is 3.24. The summed E-state index contributed by atoms with van der Waals surface area (Å²) in [6.45, 7) is 2.24. The Labute approximate surface area is 166 Å². The maximum atomic E-state index is 13.3. The topological polar surface area (TPSA) is 53.2 Å². The lowest BCUT2D eigenvalue weighted by molar-refractivity contribution is -0.136. The van der Waals surface area contributed by atoms with E-state index in [9.17, 15) is 14.0 Å². The standard InChI is InChI=1S/C22H19FN2O2S/c1-2-28-20-19(14-7-9-16(23)10-8-14)21(26)25(22(20)27)12-11-15-13-24-18-6-4-3-5-17(15)18/h3-10,13,24H,2,11-12H2,1H3. The first kappa shape index (κ1) is 18.5. The van der Waals surface area contributed by atoms with E-state index in [1.165, 1.54) is 28.8 Å². The molecule has 2 amide bonds. The Morgan fingerprint density at radius 2 is 1.79 bits per heavy atom. The minimum Gasteiger partial charge on any atom is -0.361 e. The normalized spacial score (nSPS) is 14.6. The van der Waals surface area contributed by atoms with Gasteiger partial charge in [-0.15, -0.1) is 11.8 Å². The number of amides is 2. The zero-order valence-corrected chi connectivity index (χ0v) is 16.2. The second kappa shape index (κ2) is 7.64. The van der Waals surface area contributed by atoms with Crippen molar-refractivity contribution in [1.29, 1.82) is 0 Å². The van der Waals surface area contributed by atoms with Crippen molar-refractivity contribution in [2.45, 2.75) is 13.3 Å². The van der Waals surface area contributed by atoms with E-state index in [0.717, 1.165) is 16.5 Å². The summed E-state index contributed by atoms with van der Waals surface area (Å²) < 4.78 is 13.3. The predicted molar refractivity (Wildman–Crippen MR) is 110 cm³/mol. The summed E-state index contributed by atoms with van der Waals surface area (Å²) in [5.74, 6) is -0.277. The van der Waals surface area contributed by atoms with Crippen LogP contribution in [0.2, 0.25) is 0 Å². The summed E-state index contributed by atoms with van der Waals surface area (Å²) in [4.78, 5) is 30.9. The predicted octanol–water partition coefficient (Wildman–Crippen LogP) is 4.38. The molecule has 1 aromatic heterocycles. The van der Waals surface area contributed by atoms with Gasteiger partial charge in [-0.05, 0) is 41.5 Å². The van der Waals surface area contributed by atoms with Crippen LogP contribution in [0, 0.1) is 5.82 Å². The number of hydrogen-bond donors (Lipinski definition) is 1. The summed E-state index contributed by atoms with van der Waals surface area (Å²) in [6.07, 6.45) is 2.49. The Morgan fingerprint density at radius 3 is 2.54 bits per heavy atom. The lowest BCUT2D eigenvalue weighted by Gasteiger charge is -2.14. The van der Waals surface area contributed by atoms with Crippen molar-refractivity contribution in [3.8, 4) is 0 Å². The van der Waals surface area contributed by atoms with Gasteiger partial charge in [0.1, 0.15) is 5.82 Å². The van der Waals surface area contributed by atoms with Gasteiger partial charge in [-0.3, -0.25) is 14.5 Å². The number of nitrogens with zero attached hydrogens (tertiary/aromatic N) is 1. The van der Waals surface area contributed by atoms with Crippen LogP contribution < -0.4 is 0 Å². The van der Waals surface area contributed by atoms with Crippen LogP contribution >= 0.6 is 11.8 Å². The summed E-state index contributed by atoms with van der Waals surface area (Å²) in [5, 5.41) is 1.09. The second-order valence-electron chi connectivity index (χ2n) is 6.52. The van der Waals surface area contributed by atoms with Gasteiger partial charge in [-0.25, -0.2) is 4.39 Å². The Bertz CT molecular complexity index is 1090. The first-order valence-electron chi connectivity index (χ1n) is 9.14. The molecule has 1 aliphatic rings. The van der Waals surface area contributed by atoms with Crippen LogP contribution in [0.15, 0.2) is 59.6 Å². The number of hydrogen-bond acceptors (Lipinski definition) is 3. The van der Waals surface area contributed by atoms with E-state index in [0.29, 0.717) is 34.8 Å². The van der Waals surface area contributed by atoms with E-state index in [4.69, 9.17) is 0 Å². The van der Waals surface area contributed by atoms with E-state index < -0.39 is 0 Å². The average molecular weight is 394 g/mol. The molecule has 0 atom stereocenters. The van der Waals surface area contributed by atoms with Crippen molar-refractivity contribution in [3.05, 3.63) is 76.6 Å². The summed E-state index contributed by atoms with van der Waals surface area (Å²) in [6, 6.07) is 13.7. The highest BCUT2D eigenvalue weighted by Gasteiger charge is 2.38. The molecule has 3 aromatic rings. The molecule has 2 heterocycles. The fraction of sp³-hybridized carbons (Fsp3) is 0.182. The molecule has 2 aromatic carbocycles. The lowest BCUT2D eigenvalue weighted by atomic mass is 10.1. The van der Waals surface area contributed by atoms with E-state index in [1.54, 1.807) is 12.1 Å². The maximum Gasteiger partial charge on any atom is 0.267 e. The van der Waals surface area contributed by atoms with Gasteiger partial charge in [0.15, 0.2) is 0 Å². The number of aromatic nitrogens is 1. The number of fused-ring (bicyclic) bond motifs is 1. The summed E-state index contributed by atoms with van der Waals surface area (Å²) >= 11 is 1.36. The van der Waals surface area contributed by atoms with Crippen molar-refractivity contribution >= 4 is 40.1 Å². The molecule has 0 saturated heterocycles. The number of carbonyl (C=O) groups excluding carboxylic acids is 2. The Morgan fingerprint density at radius 1 is 1.04 bits per heavy atom. The number of H-pyrrole nitrogens is 1. The van der Waals surface area contributed by atoms with E-state index in [1.807, 2.05) is 37.4 Å². The highest BCUT2D eigenvalue weighted by molar-refractivity contribution is 8.04. The Hall–Kier alpha value is -2.86. The van der Waals surface area contributed by atoms with Crippen molar-refractivity contribution in [1.82, 2.24) is 9.88 Å². The molecule has 1 aliphatic heterocycles. The SMILES string of the molecule is CCSC1=C(c2ccc(F)cc2)C(=O)N(CCc2c[nH]c3ccccc23)C1=O. The van der Waals surface area contributed by atoms with Gasteiger partial charge in [0.05, 0.1) is 10.5 Å². The van der Waals surface area contributed by atoms with Crippen LogP contribution in [-0.2, 0) is 16.0 Å². The highest BCUT2D eigenvalue weighted by atomic mass is 32.2. The van der Waals surface area contributed by atoms with Gasteiger partial charge in [0.25, 0.3) is 11.8 Å². The van der Waals surface area contributed by atoms with Crippen LogP contribution in [0.4, 0.5) is 4.39 Å². The zero-order chi connectivity index (χ0) is 19.7. The number of imide groups is 1. The largest absolute Gasteiger partial charge is 0.361 e. The van der Waals surface area contributed by atoms with Gasteiger partial charge in [0.2, 0.25) is 0 Å². The molecule has 0 fully saturated rings. The van der Waals surface area contributed by atoms with E-state index in [-0.39, 0.29) is 17.6 Å². The van der Waals surface area contributed by atoms with Gasteiger partial charge in [-0.2, -0.15) is 0 Å². The molecule has 1 N–H and O–H groups in total. The lowest BCUT2D eigenvalue weighted by Crippen LogP contribution is -2.33. The van der Waals surface area contributed by atoms with Crippen molar-refractivity contribution in [3.63, 3.8) is 0 Å². The number of thioether (sulfide) groups is 1. The molecular weight excluding hydrogens is 375 g/mol. The first-order valence-corrected chi connectivity index (χ1v) is 10.1. The minimum absolute atomic E-state index is 0.268. The van der Waals surface area contributed by atoms with Gasteiger partial charge < -0.3 is 4.98 Å². The Kier molecular flexibility index (Phi) is 5.05. The number of aromatic amines is 1. The highest BCUT2D eigenvalue weighted by Crippen LogP contribution is 2.36. The van der Waals surface area contributed by atoms with Crippen LogP contribution in [0.1, 0.15) is 18.1 Å². The molecule has 4 rings (SSSR count). The van der Waals surface area contributed by atoms with Crippen LogP contribution in [0.25, 0.3) is 16.5 Å². The maximum absolute atomic E-state index is 13.3. The number of benzene rings is 2. The fourth-order valence-corrected chi connectivity index (χ4v) is 4.35. The van der Waals surface area contributed by atoms with Gasteiger partial charge >= 0.3 is 0 Å². The van der Waals surface area contributed by atoms with Crippen LogP contribution in [0.3, 0.4) is 0 Å². The smallest absolute Gasteiger partial charge is 0.267 e. The quantitative estimate of drug-likeness (QED) is 0.631. The fourth-order valence-electron chi connectivity index (χ4n) is 3.48. The molecule has 4 nitrogen and oxygen atoms in total. The van der Waals surface area contributed by atoms with E-state index in [2.05, 4.69) is 4.98 Å². The van der Waals surface area contributed by atoms with Crippen LogP contribution in [0.5, 0.6) is 0 Å². The molecule has 0 unspecified atom stereocenters. The van der Waals surface area contributed by atoms with Crippen LogP contribution in [-0.4, -0.2) is 34.0 Å². The Balaban J connectivity index is 1.60. The number of halogens is 1. The number of nitrogens with one attached hydrogen (secondary N) is 1. The third-order valence-electron chi connectivity index (χ3n) is 4.83. The molecule has 0 radical (unpaired) electrons. The number of para-hydroxylation sites is 1. The van der Waals surface area contributed by atoms with Crippen molar-refractivity contribution in [2.24, 2.45) is 0 Å². The zero-order valence-electron chi connectivity index (χ0n) is 15.4. The molecule has 142 valence electrons. The number of rotatable bonds is 6. The molecule has 0 aliphatic carbocycles. The molecule has 0 saturated carbocycles. The number of carbonyl (C=O) groups is 2. The van der Waals surface area contributed by atoms with Gasteiger partial charge in [-0.1, -0.05) is 37.3 Å². The van der Waals surface area contributed by atoms with Crippen molar-refractivity contribution in [2.75, 3.05) is 12.3 Å². The summed E-state index contributed by atoms with van der Waals surface area (Å²) in [7, 11) is 0. The minimum atomic E-state index is -0.373. The molecule has 0 spiro atoms. The summed E-state index contributed by atoms with van der Waals surface area (Å²) in [5.41, 5.74) is 3.04. The van der Waals surface area contributed by atoms with Crippen molar-refractivity contribution < 1.29 is 14.0 Å². The molecule has 6 heteroatoms. The first-order chi connectivity index (χ1) is 13.6. The molecule has 28 heavy (non-hydrogen) atoms. The monoisotopic (exact) mass is 394 g/mol. The van der Waals surface area contributed by atoms with Gasteiger partial charge in [0, 0.05) is 23.6 Å². The third-order valence-corrected chi connectivity index (χ3v) is 5.78.